The van der Waals surface area contributed by atoms with E-state index >= 15 is 0 Å². The van der Waals surface area contributed by atoms with Gasteiger partial charge in [0.15, 0.2) is 6.10 Å². The van der Waals surface area contributed by atoms with Crippen LogP contribution in [-0.4, -0.2) is 37.2 Å². The molecule has 0 aromatic carbocycles. The van der Waals surface area contributed by atoms with E-state index in [2.05, 4.69) is 34.6 Å². The first-order valence-electron chi connectivity index (χ1n) is 30.7. The first kappa shape index (κ1) is 66.4. The smallest absolute Gasteiger partial charge is 0.306 e. The van der Waals surface area contributed by atoms with Crippen molar-refractivity contribution in [1.82, 2.24) is 0 Å². The SMILES string of the molecule is CCCCCCCCCCCCCCCCCCC(=O)O[C@@H](COC(=O)CCCCCCCCCCCCCCCCCCCCC(C)C)COC(=O)CCCCCCCCCCCCC(C)C. The Balaban J connectivity index is 4.25. The molecule has 0 heterocycles. The summed E-state index contributed by atoms with van der Waals surface area (Å²) in [5.74, 6) is 0.842. The monoisotopic (exact) mass is 961 g/mol. The number of carbonyl (C=O) groups is 3. The van der Waals surface area contributed by atoms with Crippen molar-refractivity contribution < 1.29 is 28.6 Å². The lowest BCUT2D eigenvalue weighted by Gasteiger charge is -2.18. The highest BCUT2D eigenvalue weighted by Crippen LogP contribution is 2.19. The van der Waals surface area contributed by atoms with Gasteiger partial charge in [0, 0.05) is 19.3 Å². The zero-order chi connectivity index (χ0) is 49.6. The first-order valence-corrected chi connectivity index (χ1v) is 30.7. The molecule has 0 spiro atoms. The predicted octanol–water partition coefficient (Wildman–Crippen LogP) is 20.4. The molecule has 0 aliphatic heterocycles. The van der Waals surface area contributed by atoms with Crippen LogP contribution in [0.2, 0.25) is 0 Å². The summed E-state index contributed by atoms with van der Waals surface area (Å²) in [7, 11) is 0. The molecule has 0 saturated carbocycles. The molecule has 0 amide bonds. The van der Waals surface area contributed by atoms with Crippen LogP contribution < -0.4 is 0 Å². The molecule has 0 aromatic rings. The molecule has 0 radical (unpaired) electrons. The van der Waals surface area contributed by atoms with E-state index < -0.39 is 6.10 Å². The normalized spacial score (nSPS) is 12.0. The van der Waals surface area contributed by atoms with Crippen LogP contribution in [0, 0.1) is 11.8 Å². The highest BCUT2D eigenvalue weighted by molar-refractivity contribution is 5.71. The van der Waals surface area contributed by atoms with Crippen LogP contribution >= 0.6 is 0 Å². The number of ether oxygens (including phenoxy) is 3. The molecule has 0 rings (SSSR count). The fraction of sp³-hybridized carbons (Fsp3) is 0.952. The molecule has 0 fully saturated rings. The van der Waals surface area contributed by atoms with Crippen molar-refractivity contribution in [2.45, 2.75) is 355 Å². The van der Waals surface area contributed by atoms with E-state index in [9.17, 15) is 14.4 Å². The van der Waals surface area contributed by atoms with Crippen molar-refractivity contribution in [2.24, 2.45) is 11.8 Å². The summed E-state index contributed by atoms with van der Waals surface area (Å²) in [6.45, 7) is 11.4. The Kier molecular flexibility index (Phi) is 53.5. The molecule has 6 nitrogen and oxygen atoms in total. The van der Waals surface area contributed by atoms with E-state index in [0.717, 1.165) is 69.6 Å². The highest BCUT2D eigenvalue weighted by atomic mass is 16.6. The Hall–Kier alpha value is -1.59. The number of rotatable bonds is 56. The fourth-order valence-electron chi connectivity index (χ4n) is 9.58. The van der Waals surface area contributed by atoms with Gasteiger partial charge in [-0.15, -0.1) is 0 Å². The topological polar surface area (TPSA) is 78.9 Å². The molecule has 0 aliphatic carbocycles. The highest BCUT2D eigenvalue weighted by Gasteiger charge is 2.19. The summed E-state index contributed by atoms with van der Waals surface area (Å²) in [6, 6.07) is 0. The quantitative estimate of drug-likeness (QED) is 0.0343. The average Bonchev–Trinajstić information content (AvgIpc) is 3.31. The van der Waals surface area contributed by atoms with Gasteiger partial charge < -0.3 is 14.2 Å². The van der Waals surface area contributed by atoms with Crippen LogP contribution in [0.3, 0.4) is 0 Å². The lowest BCUT2D eigenvalue weighted by molar-refractivity contribution is -0.167. The summed E-state index contributed by atoms with van der Waals surface area (Å²) in [6.07, 6.45) is 59.6. The summed E-state index contributed by atoms with van der Waals surface area (Å²) < 4.78 is 16.9. The number of esters is 3. The lowest BCUT2D eigenvalue weighted by atomic mass is 10.0. The second-order valence-corrected chi connectivity index (χ2v) is 22.3. The van der Waals surface area contributed by atoms with Crippen molar-refractivity contribution in [2.75, 3.05) is 13.2 Å². The Morgan fingerprint density at radius 2 is 0.485 bits per heavy atom. The Morgan fingerprint density at radius 1 is 0.279 bits per heavy atom. The molecule has 0 aromatic heterocycles. The Labute approximate surface area is 425 Å². The minimum absolute atomic E-state index is 0.0623. The molecule has 68 heavy (non-hydrogen) atoms. The molecule has 0 N–H and O–H groups in total. The van der Waals surface area contributed by atoms with E-state index in [-0.39, 0.29) is 31.1 Å². The van der Waals surface area contributed by atoms with E-state index in [1.54, 1.807) is 0 Å². The predicted molar refractivity (Wildman–Crippen MR) is 293 cm³/mol. The van der Waals surface area contributed by atoms with Crippen LogP contribution in [0.4, 0.5) is 0 Å². The first-order chi connectivity index (χ1) is 33.2. The zero-order valence-electron chi connectivity index (χ0n) is 46.7. The van der Waals surface area contributed by atoms with Crippen LogP contribution in [0.15, 0.2) is 0 Å². The molecular formula is C62H120O6. The third kappa shape index (κ3) is 55.3. The summed E-state index contributed by atoms with van der Waals surface area (Å²) in [4.78, 5) is 38.2. The van der Waals surface area contributed by atoms with Gasteiger partial charge in [-0.05, 0) is 31.1 Å². The number of carbonyl (C=O) groups excluding carboxylic acids is 3. The second kappa shape index (κ2) is 54.7. The molecule has 0 aliphatic rings. The maximum absolute atomic E-state index is 12.9. The van der Waals surface area contributed by atoms with Crippen LogP contribution in [0.25, 0.3) is 0 Å². The van der Waals surface area contributed by atoms with Crippen LogP contribution in [0.5, 0.6) is 0 Å². The van der Waals surface area contributed by atoms with Gasteiger partial charge in [0.25, 0.3) is 0 Å². The molecule has 6 heteroatoms. The van der Waals surface area contributed by atoms with Crippen molar-refractivity contribution in [3.8, 4) is 0 Å². The summed E-state index contributed by atoms with van der Waals surface area (Å²) in [5.41, 5.74) is 0. The third-order valence-electron chi connectivity index (χ3n) is 14.2. The minimum Gasteiger partial charge on any atom is -0.462 e. The van der Waals surface area contributed by atoms with Crippen LogP contribution in [-0.2, 0) is 28.6 Å². The average molecular weight is 962 g/mol. The molecule has 1 atom stereocenters. The van der Waals surface area contributed by atoms with Crippen molar-refractivity contribution in [3.63, 3.8) is 0 Å². The van der Waals surface area contributed by atoms with Gasteiger partial charge in [0.05, 0.1) is 0 Å². The summed E-state index contributed by atoms with van der Waals surface area (Å²) >= 11 is 0. The maximum Gasteiger partial charge on any atom is 0.306 e. The molecule has 0 saturated heterocycles. The maximum atomic E-state index is 12.9. The number of hydrogen-bond donors (Lipinski definition) is 0. The number of unbranched alkanes of at least 4 members (excludes halogenated alkanes) is 41. The van der Waals surface area contributed by atoms with E-state index in [4.69, 9.17) is 14.2 Å². The zero-order valence-corrected chi connectivity index (χ0v) is 46.7. The Bertz CT molecular complexity index is 1040. The second-order valence-electron chi connectivity index (χ2n) is 22.3. The minimum atomic E-state index is -0.763. The summed E-state index contributed by atoms with van der Waals surface area (Å²) in [5, 5.41) is 0. The lowest BCUT2D eigenvalue weighted by Crippen LogP contribution is -2.30. The van der Waals surface area contributed by atoms with Gasteiger partial charge in [-0.2, -0.15) is 0 Å². The molecule has 404 valence electrons. The largest absolute Gasteiger partial charge is 0.462 e. The van der Waals surface area contributed by atoms with E-state index in [1.165, 1.54) is 238 Å². The van der Waals surface area contributed by atoms with E-state index in [1.807, 2.05) is 0 Å². The van der Waals surface area contributed by atoms with Crippen molar-refractivity contribution in [1.29, 1.82) is 0 Å². The standard InChI is InChI=1S/C62H120O6/c1-6-7-8-9-10-11-12-13-14-20-24-27-34-39-44-49-54-62(65)68-59(56-67-61(64)53-48-43-38-33-29-28-31-36-41-46-51-58(4)5)55-66-60(63)52-47-42-37-32-26-23-21-18-16-15-17-19-22-25-30-35-40-45-50-57(2)3/h57-59H,6-56H2,1-5H3/t59-/m0/s1. The number of hydrogen-bond acceptors (Lipinski definition) is 6. The van der Waals surface area contributed by atoms with E-state index in [0.29, 0.717) is 19.3 Å². The fourth-order valence-corrected chi connectivity index (χ4v) is 9.58. The van der Waals surface area contributed by atoms with Gasteiger partial charge >= 0.3 is 17.9 Å². The van der Waals surface area contributed by atoms with Crippen LogP contribution in [0.1, 0.15) is 349 Å². The van der Waals surface area contributed by atoms with Gasteiger partial charge in [-0.25, -0.2) is 0 Å². The van der Waals surface area contributed by atoms with Crippen molar-refractivity contribution >= 4 is 17.9 Å². The third-order valence-corrected chi connectivity index (χ3v) is 14.2. The van der Waals surface area contributed by atoms with Crippen molar-refractivity contribution in [3.05, 3.63) is 0 Å². The van der Waals surface area contributed by atoms with Gasteiger partial charge in [-0.1, -0.05) is 311 Å². The molecular weight excluding hydrogens is 841 g/mol. The molecule has 0 unspecified atom stereocenters. The Morgan fingerprint density at radius 3 is 0.721 bits per heavy atom. The van der Waals surface area contributed by atoms with Gasteiger partial charge in [0.2, 0.25) is 0 Å². The molecule has 0 bridgehead atoms. The van der Waals surface area contributed by atoms with Gasteiger partial charge in [-0.3, -0.25) is 14.4 Å². The van der Waals surface area contributed by atoms with Gasteiger partial charge in [0.1, 0.15) is 13.2 Å².